The molecule has 0 bridgehead atoms. The monoisotopic (exact) mass is 1050 g/mol. The predicted octanol–water partition coefficient (Wildman–Crippen LogP) is 19.4. The van der Waals surface area contributed by atoms with Crippen LogP contribution in [0.3, 0.4) is 0 Å². The maximum absolute atomic E-state index is 2.76. The Morgan fingerprint density at radius 1 is 0.449 bits per heavy atom. The maximum atomic E-state index is 2.76. The summed E-state index contributed by atoms with van der Waals surface area (Å²) in [4.78, 5) is 7.94. The molecule has 2 aliphatic heterocycles. The molecule has 0 spiro atoms. The average molecular weight is 1050 g/mol. The van der Waals surface area contributed by atoms with E-state index in [1.54, 1.807) is 0 Å². The molecule has 8 aromatic rings. The molecule has 0 N–H and O–H groups in total. The fourth-order valence-electron chi connectivity index (χ4n) is 13.9. The van der Waals surface area contributed by atoms with Gasteiger partial charge in [-0.15, -0.1) is 11.3 Å². The second kappa shape index (κ2) is 17.5. The Kier molecular flexibility index (Phi) is 11.8. The van der Waals surface area contributed by atoms with Crippen molar-refractivity contribution in [3.8, 4) is 0 Å². The number of hydrogen-bond donors (Lipinski definition) is 0. The van der Waals surface area contributed by atoms with Crippen LogP contribution in [0.5, 0.6) is 0 Å². The number of fused-ring (bicyclic) bond motifs is 8. The molecule has 1 aromatic heterocycles. The zero-order valence-corrected chi connectivity index (χ0v) is 51.2. The van der Waals surface area contributed by atoms with Crippen LogP contribution >= 0.6 is 11.3 Å². The summed E-state index contributed by atoms with van der Waals surface area (Å²) in [5.41, 5.74) is 25.2. The normalized spacial score (nSPS) is 17.7. The Hall–Kier alpha value is -6.04. The summed E-state index contributed by atoms with van der Waals surface area (Å²) >= 11 is 2.06. The van der Waals surface area contributed by atoms with Gasteiger partial charge in [-0.2, -0.15) is 0 Å². The largest absolute Gasteiger partial charge is 0.311 e. The van der Waals surface area contributed by atoms with Gasteiger partial charge in [0.25, 0.3) is 6.71 Å². The lowest BCUT2D eigenvalue weighted by Gasteiger charge is -2.46. The third-order valence-electron chi connectivity index (χ3n) is 19.1. The third-order valence-corrected chi connectivity index (χ3v) is 20.4. The van der Waals surface area contributed by atoms with Crippen LogP contribution in [-0.2, 0) is 37.9 Å². The van der Waals surface area contributed by atoms with E-state index < -0.39 is 0 Å². The van der Waals surface area contributed by atoms with E-state index >= 15 is 0 Å². The Morgan fingerprint density at radius 2 is 0.949 bits per heavy atom. The van der Waals surface area contributed by atoms with E-state index in [0.717, 1.165) is 23.5 Å². The van der Waals surface area contributed by atoms with Gasteiger partial charge in [0.1, 0.15) is 0 Å². The highest BCUT2D eigenvalue weighted by Gasteiger charge is 2.48. The number of aryl methyl sites for hydroxylation is 1. The topological polar surface area (TPSA) is 9.72 Å². The van der Waals surface area contributed by atoms with Crippen molar-refractivity contribution in [2.45, 2.75) is 188 Å². The van der Waals surface area contributed by atoms with Crippen LogP contribution in [0.25, 0.3) is 10.1 Å². The highest BCUT2D eigenvalue weighted by molar-refractivity contribution is 7.33. The number of hydrogen-bond acceptors (Lipinski definition) is 4. The summed E-state index contributed by atoms with van der Waals surface area (Å²) in [5, 5.41) is 1.37. The number of nitrogens with zero attached hydrogens (tertiary/aromatic N) is 3. The van der Waals surface area contributed by atoms with E-state index in [9.17, 15) is 0 Å². The summed E-state index contributed by atoms with van der Waals surface area (Å²) in [6.45, 7) is 43.2. The summed E-state index contributed by atoms with van der Waals surface area (Å²) in [6.07, 6.45) is 4.69. The van der Waals surface area contributed by atoms with E-state index in [1.165, 1.54) is 124 Å². The van der Waals surface area contributed by atoms with Gasteiger partial charge in [0, 0.05) is 54.7 Å². The molecule has 0 saturated carbocycles. The molecule has 78 heavy (non-hydrogen) atoms. The van der Waals surface area contributed by atoms with Gasteiger partial charge >= 0.3 is 0 Å². The van der Waals surface area contributed by atoms with Crippen LogP contribution in [0.2, 0.25) is 0 Å². The highest BCUT2D eigenvalue weighted by atomic mass is 32.1. The summed E-state index contributed by atoms with van der Waals surface area (Å²) in [6, 6.07) is 53.3. The first kappa shape index (κ1) is 52.7. The minimum absolute atomic E-state index is 0.00792. The first-order valence-corrected chi connectivity index (χ1v) is 30.0. The second-order valence-corrected chi connectivity index (χ2v) is 30.8. The van der Waals surface area contributed by atoms with Crippen molar-refractivity contribution in [2.75, 3.05) is 14.7 Å². The van der Waals surface area contributed by atoms with Gasteiger partial charge in [-0.3, -0.25) is 0 Å². The van der Waals surface area contributed by atoms with E-state index in [1.807, 2.05) is 0 Å². The Balaban J connectivity index is 1.25. The zero-order valence-electron chi connectivity index (χ0n) is 50.4. The average Bonchev–Trinajstić information content (AvgIpc) is 2.66. The van der Waals surface area contributed by atoms with Crippen molar-refractivity contribution >= 4 is 95.0 Å². The van der Waals surface area contributed by atoms with Gasteiger partial charge in [-0.1, -0.05) is 178 Å². The lowest BCUT2D eigenvalue weighted by Crippen LogP contribution is -2.60. The molecule has 4 aliphatic rings. The van der Waals surface area contributed by atoms with Crippen molar-refractivity contribution in [1.29, 1.82) is 0 Å². The zero-order chi connectivity index (χ0) is 55.6. The molecule has 2 aliphatic carbocycles. The molecule has 400 valence electrons. The van der Waals surface area contributed by atoms with Crippen LogP contribution in [0.4, 0.5) is 51.2 Å². The van der Waals surface area contributed by atoms with Crippen molar-refractivity contribution < 1.29 is 0 Å². The lowest BCUT2D eigenvalue weighted by molar-refractivity contribution is 0.332. The Morgan fingerprint density at radius 3 is 1.53 bits per heavy atom. The molecule has 0 atom stereocenters. The van der Waals surface area contributed by atoms with E-state index in [0.29, 0.717) is 0 Å². The van der Waals surface area contributed by atoms with E-state index in [-0.39, 0.29) is 44.6 Å². The second-order valence-electron chi connectivity index (χ2n) is 29.7. The lowest BCUT2D eigenvalue weighted by atomic mass is 9.36. The number of benzene rings is 7. The molecular formula is C73H84BN3S. The van der Waals surface area contributed by atoms with Crippen molar-refractivity contribution in [3.63, 3.8) is 0 Å². The van der Waals surface area contributed by atoms with Crippen LogP contribution in [0.15, 0.2) is 133 Å². The number of anilines is 9. The minimum Gasteiger partial charge on any atom is -0.311 e. The van der Waals surface area contributed by atoms with Gasteiger partial charge in [0.05, 0.1) is 11.4 Å². The van der Waals surface area contributed by atoms with Gasteiger partial charge in [-0.05, 0) is 199 Å². The van der Waals surface area contributed by atoms with Crippen molar-refractivity contribution in [1.82, 2.24) is 0 Å². The smallest absolute Gasteiger partial charge is 0.264 e. The molecule has 0 fully saturated rings. The predicted molar refractivity (Wildman–Crippen MR) is 342 cm³/mol. The van der Waals surface area contributed by atoms with Gasteiger partial charge in [-0.25, -0.2) is 0 Å². The molecular weight excluding hydrogens is 962 g/mol. The number of rotatable bonds is 5. The third kappa shape index (κ3) is 8.41. The molecule has 0 radical (unpaired) electrons. The molecule has 7 aromatic carbocycles. The highest BCUT2D eigenvalue weighted by Crippen LogP contribution is 2.56. The summed E-state index contributed by atoms with van der Waals surface area (Å²) in [5.74, 6) is 0. The van der Waals surface area contributed by atoms with Gasteiger partial charge in [0.15, 0.2) is 0 Å². The van der Waals surface area contributed by atoms with Crippen molar-refractivity contribution in [2.24, 2.45) is 0 Å². The van der Waals surface area contributed by atoms with Gasteiger partial charge < -0.3 is 14.7 Å². The van der Waals surface area contributed by atoms with Crippen LogP contribution in [0.1, 0.15) is 188 Å². The Labute approximate surface area is 473 Å². The number of para-hydroxylation sites is 1. The first-order valence-electron chi connectivity index (χ1n) is 29.2. The number of thiophene rings is 1. The summed E-state index contributed by atoms with van der Waals surface area (Å²) in [7, 11) is 0. The minimum atomic E-state index is -0.0561. The van der Waals surface area contributed by atoms with Crippen molar-refractivity contribution in [3.05, 3.63) is 178 Å². The maximum Gasteiger partial charge on any atom is 0.264 e. The van der Waals surface area contributed by atoms with Crippen LogP contribution in [-0.4, -0.2) is 6.71 Å². The summed E-state index contributed by atoms with van der Waals surface area (Å²) < 4.78 is 2.82. The Bertz CT molecular complexity index is 3720. The first-order chi connectivity index (χ1) is 36.4. The fraction of sp³-hybridized carbons (Fsp3) is 0.397. The van der Waals surface area contributed by atoms with Gasteiger partial charge in [0.2, 0.25) is 0 Å². The van der Waals surface area contributed by atoms with Crippen LogP contribution < -0.4 is 30.4 Å². The molecule has 0 unspecified atom stereocenters. The molecule has 5 heteroatoms. The molecule has 3 nitrogen and oxygen atoms in total. The molecule has 0 amide bonds. The van der Waals surface area contributed by atoms with Crippen LogP contribution in [0, 0.1) is 6.92 Å². The van der Waals surface area contributed by atoms with E-state index in [2.05, 4.69) is 284 Å². The SMILES string of the molecule is Cc1cc(C(C)(C)C)ccc1N1c2ccc(C(C)(C)C)cc2B2c3sc4cc5c(cc4c3N(c3ccc4c(c3)C(C)(C)CCC4(C)C)c3cc(N(c4ccccc4)c4ccc(C(C)(C)C)cc4)cc1c32)C(C)(C)CCC5(C)C. The molecule has 12 rings (SSSR count). The molecule has 3 heterocycles. The van der Waals surface area contributed by atoms with E-state index in [4.69, 9.17) is 0 Å². The standard InChI is InChI=1S/C73H84BN3S/c1-45-38-47(68(5,6)7)26-32-59(45)77-60-33-27-48(69(8,9)10)39-58(60)74-64-61(41-52(42-62(64)77)75(49-22-20-19-21-23-49)50-28-24-46(25-29-50)67(2,3)4)76(51-30-31-54-55(40-51)71(13,14)35-34-70(54,11)12)65-53-43-56-57(44-63(53)78-66(65)74)73(17,18)37-36-72(56,15)16/h19-33,38-44H,34-37H2,1-18H3. The fourth-order valence-corrected chi connectivity index (χ4v) is 15.2. The molecule has 0 saturated heterocycles. The quantitative estimate of drug-likeness (QED) is 0.159.